The maximum atomic E-state index is 12.7. The Hall–Kier alpha value is -1.14. The number of nitrogens with zero attached hydrogens (tertiary/aromatic N) is 2. The van der Waals surface area contributed by atoms with Crippen LogP contribution in [0.4, 0.5) is 0 Å². The molecule has 1 fully saturated rings. The van der Waals surface area contributed by atoms with Crippen molar-refractivity contribution in [1.82, 2.24) is 9.80 Å². The van der Waals surface area contributed by atoms with E-state index in [9.17, 15) is 9.59 Å². The number of hydrogen-bond donors (Lipinski definition) is 2. The lowest BCUT2D eigenvalue weighted by Gasteiger charge is -2.44. The van der Waals surface area contributed by atoms with E-state index in [1.165, 1.54) is 0 Å². The topological polar surface area (TPSA) is 92.7 Å². The van der Waals surface area contributed by atoms with E-state index in [0.29, 0.717) is 32.7 Å². The minimum Gasteiger partial charge on any atom is -0.368 e. The Labute approximate surface area is 127 Å². The largest absolute Gasteiger partial charge is 0.368 e. The molecule has 1 aliphatic rings. The van der Waals surface area contributed by atoms with Crippen LogP contribution in [0.1, 0.15) is 40.5 Å². The summed E-state index contributed by atoms with van der Waals surface area (Å²) >= 11 is 0. The molecule has 0 radical (unpaired) electrons. The van der Waals surface area contributed by atoms with Crippen molar-refractivity contribution in [3.8, 4) is 0 Å². The van der Waals surface area contributed by atoms with Crippen molar-refractivity contribution in [3.05, 3.63) is 0 Å². The third-order valence-electron chi connectivity index (χ3n) is 5.16. The van der Waals surface area contributed by atoms with Gasteiger partial charge in [0, 0.05) is 32.7 Å². The molecule has 0 aliphatic carbocycles. The SMILES string of the molecule is CCC(CC)(CN)C(=O)N1CCN(C(C)(C)C(N)=O)CC1. The number of carbonyl (C=O) groups excluding carboxylic acids is 2. The maximum Gasteiger partial charge on any atom is 0.237 e. The van der Waals surface area contributed by atoms with E-state index in [0.717, 1.165) is 12.8 Å². The molecule has 0 aromatic heterocycles. The van der Waals surface area contributed by atoms with Crippen LogP contribution in [0.5, 0.6) is 0 Å². The van der Waals surface area contributed by atoms with Crippen LogP contribution in [0, 0.1) is 5.41 Å². The quantitative estimate of drug-likeness (QED) is 0.730. The van der Waals surface area contributed by atoms with Crippen LogP contribution in [0.25, 0.3) is 0 Å². The molecule has 1 aliphatic heterocycles. The molecule has 1 heterocycles. The minimum absolute atomic E-state index is 0.145. The fourth-order valence-electron chi connectivity index (χ4n) is 2.89. The summed E-state index contributed by atoms with van der Waals surface area (Å²) in [6.45, 7) is 10.6. The number of rotatable bonds is 6. The van der Waals surface area contributed by atoms with Gasteiger partial charge in [0.2, 0.25) is 11.8 Å². The standard InChI is InChI=1S/C15H30N4O2/c1-5-15(6-2,11-16)13(21)18-7-9-19(10-8-18)14(3,4)12(17)20/h5-11,16H2,1-4H3,(H2,17,20). The highest BCUT2D eigenvalue weighted by Gasteiger charge is 2.40. The zero-order valence-corrected chi connectivity index (χ0v) is 13.8. The third-order valence-corrected chi connectivity index (χ3v) is 5.16. The fraction of sp³-hybridized carbons (Fsp3) is 0.867. The van der Waals surface area contributed by atoms with Gasteiger partial charge in [0.1, 0.15) is 0 Å². The average Bonchev–Trinajstić information content (AvgIpc) is 2.49. The molecular weight excluding hydrogens is 268 g/mol. The zero-order chi connectivity index (χ0) is 16.3. The van der Waals surface area contributed by atoms with Crippen LogP contribution in [0.15, 0.2) is 0 Å². The van der Waals surface area contributed by atoms with Crippen LogP contribution in [-0.4, -0.2) is 59.9 Å². The van der Waals surface area contributed by atoms with Crippen molar-refractivity contribution in [2.45, 2.75) is 46.1 Å². The van der Waals surface area contributed by atoms with Gasteiger partial charge in [-0.15, -0.1) is 0 Å². The van der Waals surface area contributed by atoms with E-state index in [4.69, 9.17) is 11.5 Å². The summed E-state index contributed by atoms with van der Waals surface area (Å²) < 4.78 is 0. The monoisotopic (exact) mass is 298 g/mol. The molecule has 0 bridgehead atoms. The first-order valence-corrected chi connectivity index (χ1v) is 7.79. The first kappa shape index (κ1) is 17.9. The summed E-state index contributed by atoms with van der Waals surface area (Å²) in [4.78, 5) is 28.2. The molecule has 0 spiro atoms. The summed E-state index contributed by atoms with van der Waals surface area (Å²) in [7, 11) is 0. The summed E-state index contributed by atoms with van der Waals surface area (Å²) in [6.07, 6.45) is 1.51. The lowest BCUT2D eigenvalue weighted by Crippen LogP contribution is -2.61. The van der Waals surface area contributed by atoms with Crippen molar-refractivity contribution < 1.29 is 9.59 Å². The average molecular weight is 298 g/mol. The minimum atomic E-state index is -0.671. The van der Waals surface area contributed by atoms with Gasteiger partial charge in [-0.25, -0.2) is 0 Å². The molecule has 122 valence electrons. The van der Waals surface area contributed by atoms with Crippen molar-refractivity contribution in [2.75, 3.05) is 32.7 Å². The first-order chi connectivity index (χ1) is 9.75. The van der Waals surface area contributed by atoms with Crippen LogP contribution < -0.4 is 11.5 Å². The maximum absolute atomic E-state index is 12.7. The lowest BCUT2D eigenvalue weighted by atomic mass is 9.80. The molecule has 0 atom stereocenters. The van der Waals surface area contributed by atoms with E-state index in [2.05, 4.69) is 0 Å². The molecule has 21 heavy (non-hydrogen) atoms. The molecule has 1 rings (SSSR count). The second-order valence-electron chi connectivity index (χ2n) is 6.39. The first-order valence-electron chi connectivity index (χ1n) is 7.79. The molecule has 0 aromatic rings. The van der Waals surface area contributed by atoms with Crippen LogP contribution >= 0.6 is 0 Å². The predicted molar refractivity (Wildman–Crippen MR) is 83.5 cm³/mol. The van der Waals surface area contributed by atoms with Crippen molar-refractivity contribution >= 4 is 11.8 Å². The van der Waals surface area contributed by atoms with Gasteiger partial charge >= 0.3 is 0 Å². The Morgan fingerprint density at radius 1 is 1.05 bits per heavy atom. The molecule has 2 amide bonds. The van der Waals surface area contributed by atoms with Gasteiger partial charge in [0.05, 0.1) is 11.0 Å². The number of primary amides is 1. The summed E-state index contributed by atoms with van der Waals surface area (Å²) in [5, 5.41) is 0. The van der Waals surface area contributed by atoms with E-state index in [1.807, 2.05) is 37.5 Å². The van der Waals surface area contributed by atoms with Gasteiger partial charge in [-0.3, -0.25) is 14.5 Å². The molecular formula is C15H30N4O2. The summed E-state index contributed by atoms with van der Waals surface area (Å²) in [5.74, 6) is -0.188. The molecule has 6 nitrogen and oxygen atoms in total. The molecule has 0 aromatic carbocycles. The van der Waals surface area contributed by atoms with Crippen LogP contribution in [0.3, 0.4) is 0 Å². The van der Waals surface area contributed by atoms with E-state index >= 15 is 0 Å². The summed E-state index contributed by atoms with van der Waals surface area (Å²) in [6, 6.07) is 0. The normalized spacial score (nSPS) is 17.9. The Morgan fingerprint density at radius 3 is 1.86 bits per heavy atom. The molecule has 1 saturated heterocycles. The van der Waals surface area contributed by atoms with E-state index in [-0.39, 0.29) is 11.8 Å². The zero-order valence-electron chi connectivity index (χ0n) is 13.8. The Morgan fingerprint density at radius 2 is 1.52 bits per heavy atom. The second-order valence-corrected chi connectivity index (χ2v) is 6.39. The lowest BCUT2D eigenvalue weighted by molar-refractivity contribution is -0.145. The predicted octanol–water partition coefficient (Wildman–Crippen LogP) is 0.160. The van der Waals surface area contributed by atoms with Crippen LogP contribution in [-0.2, 0) is 9.59 Å². The van der Waals surface area contributed by atoms with Gasteiger partial charge < -0.3 is 16.4 Å². The second kappa shape index (κ2) is 6.75. The van der Waals surface area contributed by atoms with Crippen LogP contribution in [0.2, 0.25) is 0 Å². The molecule has 0 saturated carbocycles. The summed E-state index contributed by atoms with van der Waals surface area (Å²) in [5.41, 5.74) is 10.2. The van der Waals surface area contributed by atoms with Crippen molar-refractivity contribution in [3.63, 3.8) is 0 Å². The van der Waals surface area contributed by atoms with Gasteiger partial charge in [-0.05, 0) is 26.7 Å². The highest BCUT2D eigenvalue weighted by Crippen LogP contribution is 2.29. The van der Waals surface area contributed by atoms with Crippen molar-refractivity contribution in [1.29, 1.82) is 0 Å². The number of amides is 2. The number of carbonyl (C=O) groups is 2. The smallest absolute Gasteiger partial charge is 0.237 e. The fourth-order valence-corrected chi connectivity index (χ4v) is 2.89. The third kappa shape index (κ3) is 3.37. The van der Waals surface area contributed by atoms with Gasteiger partial charge in [-0.2, -0.15) is 0 Å². The van der Waals surface area contributed by atoms with E-state index < -0.39 is 11.0 Å². The Bertz CT molecular complexity index is 375. The molecule has 6 heteroatoms. The Kier molecular flexibility index (Phi) is 5.75. The molecule has 4 N–H and O–H groups in total. The van der Waals surface area contributed by atoms with Crippen molar-refractivity contribution in [2.24, 2.45) is 16.9 Å². The van der Waals surface area contributed by atoms with Gasteiger partial charge in [0.15, 0.2) is 0 Å². The van der Waals surface area contributed by atoms with Gasteiger partial charge in [-0.1, -0.05) is 13.8 Å². The number of piperazine rings is 1. The molecule has 0 unspecified atom stereocenters. The number of nitrogens with two attached hydrogens (primary N) is 2. The van der Waals surface area contributed by atoms with E-state index in [1.54, 1.807) is 0 Å². The highest BCUT2D eigenvalue weighted by atomic mass is 16.2. The Balaban J connectivity index is 2.73. The van der Waals surface area contributed by atoms with Gasteiger partial charge in [0.25, 0.3) is 0 Å². The number of hydrogen-bond acceptors (Lipinski definition) is 4. The highest BCUT2D eigenvalue weighted by molar-refractivity contribution is 5.84.